The average molecular weight is 355 g/mol. The number of nitrogens with zero attached hydrogens (tertiary/aromatic N) is 1. The second-order valence-electron chi connectivity index (χ2n) is 4.07. The smallest absolute Gasteiger partial charge is 0.259 e. The van der Waals surface area contributed by atoms with Crippen molar-refractivity contribution in [3.63, 3.8) is 0 Å². The van der Waals surface area contributed by atoms with Crippen molar-refractivity contribution in [3.05, 3.63) is 56.7 Å². The van der Waals surface area contributed by atoms with E-state index >= 15 is 0 Å². The van der Waals surface area contributed by atoms with Crippen molar-refractivity contribution >= 4 is 56.9 Å². The molecule has 0 unspecified atom stereocenters. The van der Waals surface area contributed by atoms with E-state index in [1.807, 2.05) is 22.9 Å². The Hall–Kier alpha value is -1.40. The first-order valence-corrected chi connectivity index (χ1v) is 8.41. The molecule has 0 atom stereocenters. The molecule has 0 radical (unpaired) electrons. The van der Waals surface area contributed by atoms with Crippen LogP contribution in [0.25, 0.3) is 10.6 Å². The number of carbonyl (C=O) groups excluding carboxylic acids is 1. The predicted octanol–water partition coefficient (Wildman–Crippen LogP) is 5.43. The summed E-state index contributed by atoms with van der Waals surface area (Å²) in [7, 11) is 0. The largest absolute Gasteiger partial charge is 0.298 e. The number of thiophene rings is 1. The van der Waals surface area contributed by atoms with Crippen LogP contribution in [-0.2, 0) is 0 Å². The Morgan fingerprint density at radius 2 is 2.00 bits per heavy atom. The molecule has 0 bridgehead atoms. The molecule has 7 heteroatoms. The van der Waals surface area contributed by atoms with Gasteiger partial charge in [0.05, 0.1) is 26.2 Å². The van der Waals surface area contributed by atoms with Crippen LogP contribution in [0, 0.1) is 0 Å². The molecule has 1 aromatic carbocycles. The number of amides is 1. The van der Waals surface area contributed by atoms with Crippen molar-refractivity contribution in [2.45, 2.75) is 0 Å². The van der Waals surface area contributed by atoms with Gasteiger partial charge in [-0.15, -0.1) is 22.7 Å². The van der Waals surface area contributed by atoms with Crippen LogP contribution in [0.3, 0.4) is 0 Å². The average Bonchev–Trinajstić information content (AvgIpc) is 3.12. The number of aromatic nitrogens is 1. The van der Waals surface area contributed by atoms with Crippen molar-refractivity contribution in [3.8, 4) is 10.6 Å². The van der Waals surface area contributed by atoms with E-state index in [4.69, 9.17) is 23.2 Å². The molecule has 3 nitrogen and oxygen atoms in total. The van der Waals surface area contributed by atoms with E-state index in [0.717, 1.165) is 10.6 Å². The standard InChI is InChI=1S/C14H8Cl2N2OS2/c15-9-4-1-3-8(12(9)16)13(19)18-14-17-10(7-21-14)11-5-2-6-20-11/h1-7H,(H,17,18,19). The monoisotopic (exact) mass is 354 g/mol. The molecule has 0 spiro atoms. The van der Waals surface area contributed by atoms with Crippen LogP contribution < -0.4 is 5.32 Å². The third-order valence-corrected chi connectivity index (χ3v) is 5.16. The lowest BCUT2D eigenvalue weighted by molar-refractivity contribution is 0.102. The SMILES string of the molecule is O=C(Nc1nc(-c2cccs2)cs1)c1cccc(Cl)c1Cl. The zero-order valence-corrected chi connectivity index (χ0v) is 13.6. The molecule has 0 aliphatic heterocycles. The molecule has 0 saturated carbocycles. The maximum absolute atomic E-state index is 12.2. The number of nitrogens with one attached hydrogen (secondary N) is 1. The van der Waals surface area contributed by atoms with Crippen LogP contribution >= 0.6 is 45.9 Å². The molecular weight excluding hydrogens is 347 g/mol. The Kier molecular flexibility index (Phi) is 4.26. The second kappa shape index (κ2) is 6.15. The number of anilines is 1. The van der Waals surface area contributed by atoms with Crippen LogP contribution in [0.5, 0.6) is 0 Å². The normalized spacial score (nSPS) is 10.6. The van der Waals surface area contributed by atoms with E-state index in [1.165, 1.54) is 11.3 Å². The number of benzene rings is 1. The third kappa shape index (κ3) is 3.11. The molecule has 0 aliphatic carbocycles. The lowest BCUT2D eigenvalue weighted by atomic mass is 10.2. The molecule has 1 N–H and O–H groups in total. The Labute approximate surface area is 139 Å². The number of hydrogen-bond donors (Lipinski definition) is 1. The van der Waals surface area contributed by atoms with E-state index in [9.17, 15) is 4.79 Å². The first-order chi connectivity index (χ1) is 10.1. The van der Waals surface area contributed by atoms with Gasteiger partial charge in [0.15, 0.2) is 5.13 Å². The van der Waals surface area contributed by atoms with Crippen molar-refractivity contribution < 1.29 is 4.79 Å². The highest BCUT2D eigenvalue weighted by atomic mass is 35.5. The second-order valence-corrected chi connectivity index (χ2v) is 6.66. The zero-order chi connectivity index (χ0) is 14.8. The van der Waals surface area contributed by atoms with Gasteiger partial charge < -0.3 is 0 Å². The van der Waals surface area contributed by atoms with E-state index in [0.29, 0.717) is 15.7 Å². The van der Waals surface area contributed by atoms with Crippen LogP contribution in [0.1, 0.15) is 10.4 Å². The topological polar surface area (TPSA) is 42.0 Å². The van der Waals surface area contributed by atoms with E-state index in [1.54, 1.807) is 29.5 Å². The number of thiazole rings is 1. The number of hydrogen-bond acceptors (Lipinski definition) is 4. The highest BCUT2D eigenvalue weighted by molar-refractivity contribution is 7.16. The Morgan fingerprint density at radius 3 is 2.76 bits per heavy atom. The minimum absolute atomic E-state index is 0.242. The van der Waals surface area contributed by atoms with Crippen LogP contribution in [0.2, 0.25) is 10.0 Å². The van der Waals surface area contributed by atoms with Gasteiger partial charge in [0.25, 0.3) is 5.91 Å². The summed E-state index contributed by atoms with van der Waals surface area (Å²) >= 11 is 14.9. The predicted molar refractivity (Wildman–Crippen MR) is 89.8 cm³/mol. The summed E-state index contributed by atoms with van der Waals surface area (Å²) in [6.45, 7) is 0. The number of carbonyl (C=O) groups is 1. The van der Waals surface area contributed by atoms with Gasteiger partial charge in [0.1, 0.15) is 0 Å². The van der Waals surface area contributed by atoms with E-state index < -0.39 is 0 Å². The van der Waals surface area contributed by atoms with Gasteiger partial charge in [0, 0.05) is 5.38 Å². The quantitative estimate of drug-likeness (QED) is 0.681. The first-order valence-electron chi connectivity index (χ1n) is 5.90. The highest BCUT2D eigenvalue weighted by Gasteiger charge is 2.14. The summed E-state index contributed by atoms with van der Waals surface area (Å²) < 4.78 is 0. The van der Waals surface area contributed by atoms with Gasteiger partial charge in [-0.1, -0.05) is 35.3 Å². The van der Waals surface area contributed by atoms with E-state index in [-0.39, 0.29) is 10.9 Å². The lowest BCUT2D eigenvalue weighted by Gasteiger charge is -2.04. The molecule has 21 heavy (non-hydrogen) atoms. The molecule has 2 aromatic heterocycles. The summed E-state index contributed by atoms with van der Waals surface area (Å²) in [5.74, 6) is -0.324. The molecule has 1 amide bonds. The van der Waals surface area contributed by atoms with Gasteiger partial charge >= 0.3 is 0 Å². The minimum atomic E-state index is -0.324. The van der Waals surface area contributed by atoms with Crippen LogP contribution in [-0.4, -0.2) is 10.9 Å². The van der Waals surface area contributed by atoms with E-state index in [2.05, 4.69) is 10.3 Å². The molecule has 0 aliphatic rings. The fourth-order valence-electron chi connectivity index (χ4n) is 1.71. The van der Waals surface area contributed by atoms with Gasteiger partial charge in [-0.2, -0.15) is 0 Å². The summed E-state index contributed by atoms with van der Waals surface area (Å²) in [5, 5.41) is 7.75. The molecule has 0 saturated heterocycles. The summed E-state index contributed by atoms with van der Waals surface area (Å²) in [5.41, 5.74) is 1.18. The fourth-order valence-corrected chi connectivity index (χ4v) is 3.56. The minimum Gasteiger partial charge on any atom is -0.298 e. The molecule has 2 heterocycles. The fraction of sp³-hybridized carbons (Fsp3) is 0. The van der Waals surface area contributed by atoms with Gasteiger partial charge in [-0.3, -0.25) is 10.1 Å². The Balaban J connectivity index is 1.81. The molecule has 106 valence electrons. The molecule has 3 rings (SSSR count). The summed E-state index contributed by atoms with van der Waals surface area (Å²) in [6, 6.07) is 8.89. The highest BCUT2D eigenvalue weighted by Crippen LogP contribution is 2.30. The van der Waals surface area contributed by atoms with Gasteiger partial charge in [-0.05, 0) is 23.6 Å². The third-order valence-electron chi connectivity index (χ3n) is 2.69. The first kappa shape index (κ1) is 14.5. The van der Waals surface area contributed by atoms with Crippen molar-refractivity contribution in [1.82, 2.24) is 4.98 Å². The summed E-state index contributed by atoms with van der Waals surface area (Å²) in [4.78, 5) is 17.7. The Morgan fingerprint density at radius 1 is 1.14 bits per heavy atom. The lowest BCUT2D eigenvalue weighted by Crippen LogP contribution is -2.12. The number of rotatable bonds is 3. The molecular formula is C14H8Cl2N2OS2. The summed E-state index contributed by atoms with van der Waals surface area (Å²) in [6.07, 6.45) is 0. The van der Waals surface area contributed by atoms with Crippen molar-refractivity contribution in [1.29, 1.82) is 0 Å². The van der Waals surface area contributed by atoms with Crippen molar-refractivity contribution in [2.24, 2.45) is 0 Å². The van der Waals surface area contributed by atoms with Gasteiger partial charge in [0.2, 0.25) is 0 Å². The maximum atomic E-state index is 12.2. The maximum Gasteiger partial charge on any atom is 0.259 e. The van der Waals surface area contributed by atoms with Crippen LogP contribution in [0.15, 0.2) is 41.1 Å². The number of halogens is 2. The molecule has 0 fully saturated rings. The van der Waals surface area contributed by atoms with Crippen LogP contribution in [0.4, 0.5) is 5.13 Å². The Bertz CT molecular complexity index is 784. The zero-order valence-electron chi connectivity index (χ0n) is 10.5. The van der Waals surface area contributed by atoms with Crippen molar-refractivity contribution in [2.75, 3.05) is 5.32 Å². The molecule has 3 aromatic rings. The van der Waals surface area contributed by atoms with Gasteiger partial charge in [-0.25, -0.2) is 4.98 Å².